The second-order valence-electron chi connectivity index (χ2n) is 9.33. The summed E-state index contributed by atoms with van der Waals surface area (Å²) in [5.41, 5.74) is -0.853. The number of imide groups is 1. The number of piperidine rings is 1. The van der Waals surface area contributed by atoms with Gasteiger partial charge in [0.25, 0.3) is 0 Å². The van der Waals surface area contributed by atoms with Crippen LogP contribution < -0.4 is 0 Å². The van der Waals surface area contributed by atoms with Crippen LogP contribution in [0, 0.1) is 16.7 Å². The van der Waals surface area contributed by atoms with Crippen LogP contribution in [-0.4, -0.2) is 67.2 Å². The van der Waals surface area contributed by atoms with Crippen LogP contribution in [0.5, 0.6) is 0 Å². The number of amides is 2. The summed E-state index contributed by atoms with van der Waals surface area (Å²) in [5, 5.41) is 0.487. The molecule has 2 aliphatic heterocycles. The van der Waals surface area contributed by atoms with Gasteiger partial charge in [0.15, 0.2) is 0 Å². The predicted molar refractivity (Wildman–Crippen MR) is 113 cm³/mol. The second kappa shape index (κ2) is 7.29. The fourth-order valence-electron chi connectivity index (χ4n) is 5.10. The van der Waals surface area contributed by atoms with E-state index in [-0.39, 0.29) is 34.7 Å². The molecule has 1 aromatic rings. The molecule has 164 valence electrons. The first-order valence-corrected chi connectivity index (χ1v) is 12.1. The molecular weight excluding hydrogens is 426 g/mol. The number of fused-ring (bicyclic) bond motifs is 2. The summed E-state index contributed by atoms with van der Waals surface area (Å²) in [5.74, 6) is -0.314. The molecule has 2 heterocycles. The smallest absolute Gasteiger partial charge is 0.243 e. The average Bonchev–Trinajstić information content (AvgIpc) is 2.90. The summed E-state index contributed by atoms with van der Waals surface area (Å²) in [4.78, 5) is 29.8. The van der Waals surface area contributed by atoms with Gasteiger partial charge in [-0.2, -0.15) is 4.31 Å². The van der Waals surface area contributed by atoms with Crippen LogP contribution in [-0.2, 0) is 19.6 Å². The van der Waals surface area contributed by atoms with Crippen LogP contribution in [0.4, 0.5) is 0 Å². The minimum Gasteiger partial charge on any atom is -0.283 e. The number of carbonyl (C=O) groups is 2. The number of halogens is 1. The van der Waals surface area contributed by atoms with E-state index in [4.69, 9.17) is 11.6 Å². The molecule has 0 radical (unpaired) electrons. The van der Waals surface area contributed by atoms with E-state index < -0.39 is 15.4 Å². The van der Waals surface area contributed by atoms with Crippen LogP contribution in [0.1, 0.15) is 33.6 Å². The van der Waals surface area contributed by atoms with Gasteiger partial charge in [-0.1, -0.05) is 32.4 Å². The highest BCUT2D eigenvalue weighted by Gasteiger charge is 2.64. The van der Waals surface area contributed by atoms with Gasteiger partial charge in [-0.15, -0.1) is 0 Å². The lowest BCUT2D eigenvalue weighted by Crippen LogP contribution is -2.62. The Bertz CT molecular complexity index is 970. The Kier molecular flexibility index (Phi) is 5.28. The minimum atomic E-state index is -3.59. The summed E-state index contributed by atoms with van der Waals surface area (Å²) >= 11 is 5.86. The molecule has 7 nitrogen and oxygen atoms in total. The van der Waals surface area contributed by atoms with Crippen molar-refractivity contribution in [2.24, 2.45) is 16.7 Å². The summed E-state index contributed by atoms with van der Waals surface area (Å²) in [6.45, 7) is 7.82. The molecule has 1 saturated carbocycles. The molecule has 0 spiro atoms. The normalized spacial score (nSPS) is 30.1. The van der Waals surface area contributed by atoms with Crippen molar-refractivity contribution in [1.29, 1.82) is 0 Å². The number of hydrogen-bond donors (Lipinski definition) is 0. The zero-order valence-corrected chi connectivity index (χ0v) is 19.2. The maximum Gasteiger partial charge on any atom is 0.243 e. The van der Waals surface area contributed by atoms with Crippen molar-refractivity contribution in [2.75, 3.05) is 32.8 Å². The molecule has 4 rings (SSSR count). The lowest BCUT2D eigenvalue weighted by molar-refractivity contribution is -0.170. The molecule has 3 fully saturated rings. The van der Waals surface area contributed by atoms with Gasteiger partial charge >= 0.3 is 0 Å². The van der Waals surface area contributed by atoms with E-state index in [1.165, 1.54) is 21.3 Å². The van der Waals surface area contributed by atoms with Crippen molar-refractivity contribution >= 4 is 33.4 Å². The van der Waals surface area contributed by atoms with Crippen LogP contribution in [0.3, 0.4) is 0 Å². The Morgan fingerprint density at radius 2 is 1.63 bits per heavy atom. The fraction of sp³-hybridized carbons (Fsp3) is 0.619. The highest BCUT2D eigenvalue weighted by molar-refractivity contribution is 7.89. The summed E-state index contributed by atoms with van der Waals surface area (Å²) in [6, 6.07) is 6.14. The van der Waals surface area contributed by atoms with Crippen LogP contribution >= 0.6 is 11.6 Å². The van der Waals surface area contributed by atoms with Crippen LogP contribution in [0.25, 0.3) is 0 Å². The lowest BCUT2D eigenvalue weighted by Gasteiger charge is -2.49. The fourth-order valence-corrected chi connectivity index (χ4v) is 6.65. The summed E-state index contributed by atoms with van der Waals surface area (Å²) < 4.78 is 27.2. The van der Waals surface area contributed by atoms with E-state index in [0.29, 0.717) is 31.2 Å². The van der Waals surface area contributed by atoms with Crippen molar-refractivity contribution in [3.63, 3.8) is 0 Å². The number of piperazine rings is 1. The molecule has 2 bridgehead atoms. The quantitative estimate of drug-likeness (QED) is 0.654. The van der Waals surface area contributed by atoms with E-state index in [9.17, 15) is 18.0 Å². The number of sulfonamides is 1. The van der Waals surface area contributed by atoms with Crippen LogP contribution in [0.2, 0.25) is 5.02 Å². The van der Waals surface area contributed by atoms with Gasteiger partial charge in [-0.25, -0.2) is 8.42 Å². The number of hydrogen-bond acceptors (Lipinski definition) is 5. The summed E-state index contributed by atoms with van der Waals surface area (Å²) in [7, 11) is -3.59. The van der Waals surface area contributed by atoms with Crippen molar-refractivity contribution in [3.8, 4) is 0 Å². The Morgan fingerprint density at radius 1 is 1.03 bits per heavy atom. The third-order valence-corrected chi connectivity index (χ3v) is 9.80. The zero-order chi connectivity index (χ0) is 21.9. The van der Waals surface area contributed by atoms with E-state index in [1.807, 2.05) is 25.7 Å². The highest BCUT2D eigenvalue weighted by Crippen LogP contribution is 2.60. The molecule has 1 aromatic carbocycles. The van der Waals surface area contributed by atoms with Gasteiger partial charge in [0, 0.05) is 37.1 Å². The van der Waals surface area contributed by atoms with E-state index in [0.717, 1.165) is 12.8 Å². The zero-order valence-electron chi connectivity index (χ0n) is 17.6. The maximum atomic E-state index is 13.2. The van der Waals surface area contributed by atoms with E-state index in [1.54, 1.807) is 12.1 Å². The predicted octanol–water partition coefficient (Wildman–Crippen LogP) is 2.42. The second-order valence-corrected chi connectivity index (χ2v) is 11.7. The summed E-state index contributed by atoms with van der Waals surface area (Å²) in [6.07, 6.45) is 1.48. The number of nitrogens with zero attached hydrogens (tertiary/aromatic N) is 3. The topological polar surface area (TPSA) is 78.0 Å². The molecular formula is C21H28ClN3O4S. The molecule has 9 heteroatoms. The number of rotatable bonds is 4. The number of likely N-dealkylation sites (tertiary alicyclic amines) is 1. The van der Waals surface area contributed by atoms with Gasteiger partial charge < -0.3 is 0 Å². The van der Waals surface area contributed by atoms with Gasteiger partial charge in [0.2, 0.25) is 21.8 Å². The first-order chi connectivity index (χ1) is 14.0. The first kappa shape index (κ1) is 21.7. The van der Waals surface area contributed by atoms with E-state index in [2.05, 4.69) is 0 Å². The average molecular weight is 454 g/mol. The minimum absolute atomic E-state index is 0.0869. The lowest BCUT2D eigenvalue weighted by atomic mass is 9.62. The first-order valence-electron chi connectivity index (χ1n) is 10.3. The van der Waals surface area contributed by atoms with Crippen LogP contribution in [0.15, 0.2) is 29.2 Å². The highest BCUT2D eigenvalue weighted by atomic mass is 35.5. The molecule has 0 aromatic heterocycles. The number of benzene rings is 1. The van der Waals surface area contributed by atoms with Gasteiger partial charge in [-0.05, 0) is 42.5 Å². The van der Waals surface area contributed by atoms with Gasteiger partial charge in [0.1, 0.15) is 0 Å². The molecule has 3 aliphatic rings. The third-order valence-electron chi connectivity index (χ3n) is 7.63. The molecule has 2 atom stereocenters. The SMILES string of the molecule is CC12CCC(C(=O)N(CN3CCN(S(=O)(=O)c4ccc(Cl)cc4)CC3)C1=O)C2(C)C. The third kappa shape index (κ3) is 3.20. The van der Waals surface area contributed by atoms with Crippen molar-refractivity contribution in [3.05, 3.63) is 29.3 Å². The Labute approximate surface area is 183 Å². The molecule has 30 heavy (non-hydrogen) atoms. The van der Waals surface area contributed by atoms with Crippen molar-refractivity contribution < 1.29 is 18.0 Å². The molecule has 1 aliphatic carbocycles. The largest absolute Gasteiger partial charge is 0.283 e. The molecule has 0 N–H and O–H groups in total. The molecule has 2 unspecified atom stereocenters. The molecule has 2 amide bonds. The van der Waals surface area contributed by atoms with E-state index >= 15 is 0 Å². The van der Waals surface area contributed by atoms with Crippen molar-refractivity contribution in [2.45, 2.75) is 38.5 Å². The Hall–Kier alpha value is -1.48. The standard InChI is InChI=1S/C21H28ClN3O4S/c1-20(2)17-8-9-21(20,3)19(27)25(18(17)26)14-23-10-12-24(13-11-23)30(28,29)16-6-4-15(22)5-7-16/h4-7,17H,8-14H2,1-3H3. The Morgan fingerprint density at radius 3 is 2.23 bits per heavy atom. The Balaban J connectivity index is 1.43. The monoisotopic (exact) mass is 453 g/mol. The number of carbonyl (C=O) groups excluding carboxylic acids is 2. The maximum absolute atomic E-state index is 13.2. The molecule has 2 saturated heterocycles. The van der Waals surface area contributed by atoms with Crippen molar-refractivity contribution in [1.82, 2.24) is 14.1 Å². The van der Waals surface area contributed by atoms with Gasteiger partial charge in [-0.3, -0.25) is 19.4 Å². The van der Waals surface area contributed by atoms with Gasteiger partial charge in [0.05, 0.1) is 17.0 Å².